The monoisotopic (exact) mass is 284 g/mol. The summed E-state index contributed by atoms with van der Waals surface area (Å²) in [6, 6.07) is 8.03. The van der Waals surface area contributed by atoms with E-state index in [-0.39, 0.29) is 0 Å². The number of ether oxygens (including phenoxy) is 2. The van der Waals surface area contributed by atoms with Crippen LogP contribution < -0.4 is 4.74 Å². The van der Waals surface area contributed by atoms with E-state index in [4.69, 9.17) is 9.47 Å². The smallest absolute Gasteiger partial charge is 0.119 e. The highest BCUT2D eigenvalue weighted by molar-refractivity contribution is 9.09. The van der Waals surface area contributed by atoms with Crippen LogP contribution in [-0.2, 0) is 11.3 Å². The van der Waals surface area contributed by atoms with Crippen LogP contribution in [0.1, 0.15) is 18.4 Å². The van der Waals surface area contributed by atoms with Gasteiger partial charge in [0.15, 0.2) is 0 Å². The Morgan fingerprint density at radius 1 is 1.38 bits per heavy atom. The molecule has 1 saturated carbocycles. The highest BCUT2D eigenvalue weighted by atomic mass is 79.9. The fraction of sp³-hybridized carbons (Fsp3) is 0.538. The van der Waals surface area contributed by atoms with Crippen LogP contribution in [0.25, 0.3) is 0 Å². The molecule has 0 radical (unpaired) electrons. The topological polar surface area (TPSA) is 18.5 Å². The molecule has 1 aromatic rings. The Labute approximate surface area is 105 Å². The minimum atomic E-state index is 0.429. The highest BCUT2D eigenvalue weighted by Gasteiger charge is 2.41. The second-order valence-electron chi connectivity index (χ2n) is 4.48. The maximum Gasteiger partial charge on any atom is 0.119 e. The lowest BCUT2D eigenvalue weighted by molar-refractivity contribution is 0.0859. The molecular formula is C13H17BrO2. The third-order valence-corrected chi connectivity index (χ3v) is 4.24. The van der Waals surface area contributed by atoms with E-state index in [1.165, 1.54) is 18.4 Å². The van der Waals surface area contributed by atoms with Crippen LogP contribution in [0.5, 0.6) is 5.75 Å². The van der Waals surface area contributed by atoms with Crippen LogP contribution in [-0.4, -0.2) is 19.0 Å². The molecule has 1 aliphatic carbocycles. The van der Waals surface area contributed by atoms with Gasteiger partial charge in [0.1, 0.15) is 5.75 Å². The summed E-state index contributed by atoms with van der Waals surface area (Å²) in [5.74, 6) is 0.891. The second-order valence-corrected chi connectivity index (χ2v) is 5.04. The van der Waals surface area contributed by atoms with Gasteiger partial charge in [-0.1, -0.05) is 28.1 Å². The molecule has 16 heavy (non-hydrogen) atoms. The molecule has 0 bridgehead atoms. The summed E-state index contributed by atoms with van der Waals surface area (Å²) in [5, 5.41) is 1.05. The van der Waals surface area contributed by atoms with Crippen molar-refractivity contribution in [3.05, 3.63) is 29.8 Å². The number of benzene rings is 1. The molecular weight excluding hydrogens is 268 g/mol. The van der Waals surface area contributed by atoms with Crippen LogP contribution in [0.15, 0.2) is 24.3 Å². The van der Waals surface area contributed by atoms with E-state index in [1.807, 2.05) is 18.2 Å². The van der Waals surface area contributed by atoms with Crippen LogP contribution in [0.2, 0.25) is 0 Å². The van der Waals surface area contributed by atoms with Crippen LogP contribution in [0.3, 0.4) is 0 Å². The minimum Gasteiger partial charge on any atom is -0.497 e. The average molecular weight is 285 g/mol. The van der Waals surface area contributed by atoms with Crippen molar-refractivity contribution in [3.8, 4) is 5.75 Å². The molecule has 2 nitrogen and oxygen atoms in total. The first-order chi connectivity index (χ1) is 7.78. The van der Waals surface area contributed by atoms with Crippen molar-refractivity contribution >= 4 is 15.9 Å². The van der Waals surface area contributed by atoms with Gasteiger partial charge in [-0.25, -0.2) is 0 Å². The average Bonchev–Trinajstić information content (AvgIpc) is 3.10. The van der Waals surface area contributed by atoms with Gasteiger partial charge in [0.05, 0.1) is 20.3 Å². The Kier molecular flexibility index (Phi) is 3.87. The summed E-state index contributed by atoms with van der Waals surface area (Å²) in [4.78, 5) is 0. The van der Waals surface area contributed by atoms with Gasteiger partial charge in [-0.15, -0.1) is 0 Å². The predicted octanol–water partition coefficient (Wildman–Crippen LogP) is 3.39. The third kappa shape index (κ3) is 2.98. The molecule has 1 aromatic carbocycles. The van der Waals surface area contributed by atoms with E-state index >= 15 is 0 Å². The van der Waals surface area contributed by atoms with Gasteiger partial charge in [0, 0.05) is 10.7 Å². The lowest BCUT2D eigenvalue weighted by atomic mass is 10.2. The van der Waals surface area contributed by atoms with Gasteiger partial charge in [-0.2, -0.15) is 0 Å². The quantitative estimate of drug-likeness (QED) is 0.746. The summed E-state index contributed by atoms with van der Waals surface area (Å²) >= 11 is 3.54. The fourth-order valence-corrected chi connectivity index (χ4v) is 2.36. The lowest BCUT2D eigenvalue weighted by Gasteiger charge is -2.12. The van der Waals surface area contributed by atoms with Gasteiger partial charge in [-0.05, 0) is 30.5 Å². The van der Waals surface area contributed by atoms with Crippen LogP contribution in [0, 0.1) is 5.41 Å². The van der Waals surface area contributed by atoms with Crippen molar-refractivity contribution < 1.29 is 9.47 Å². The van der Waals surface area contributed by atoms with Crippen molar-refractivity contribution in [2.75, 3.05) is 19.0 Å². The maximum atomic E-state index is 5.75. The molecule has 1 fully saturated rings. The molecule has 1 aliphatic rings. The SMILES string of the molecule is COc1cccc(COCC2(CBr)CC2)c1. The Bertz CT molecular complexity index is 348. The molecule has 3 heteroatoms. The molecule has 0 aromatic heterocycles. The Balaban J connectivity index is 1.80. The van der Waals surface area contributed by atoms with E-state index in [1.54, 1.807) is 7.11 Å². The van der Waals surface area contributed by atoms with E-state index in [0.29, 0.717) is 12.0 Å². The van der Waals surface area contributed by atoms with Crippen molar-refractivity contribution in [2.24, 2.45) is 5.41 Å². The largest absolute Gasteiger partial charge is 0.497 e. The Morgan fingerprint density at radius 3 is 2.81 bits per heavy atom. The zero-order chi connectivity index (χ0) is 11.4. The molecule has 0 heterocycles. The summed E-state index contributed by atoms with van der Waals surface area (Å²) < 4.78 is 10.9. The van der Waals surface area contributed by atoms with Crippen molar-refractivity contribution in [1.29, 1.82) is 0 Å². The molecule has 88 valence electrons. The van der Waals surface area contributed by atoms with Crippen LogP contribution >= 0.6 is 15.9 Å². The molecule has 0 N–H and O–H groups in total. The zero-order valence-electron chi connectivity index (χ0n) is 9.54. The molecule has 0 amide bonds. The summed E-state index contributed by atoms with van der Waals surface area (Å²) in [6.07, 6.45) is 2.58. The van der Waals surface area contributed by atoms with E-state index in [0.717, 1.165) is 17.7 Å². The third-order valence-electron chi connectivity index (χ3n) is 3.05. The van der Waals surface area contributed by atoms with E-state index in [9.17, 15) is 0 Å². The second kappa shape index (κ2) is 5.19. The van der Waals surface area contributed by atoms with Gasteiger partial charge in [0.25, 0.3) is 0 Å². The first kappa shape index (κ1) is 11.9. The summed E-state index contributed by atoms with van der Waals surface area (Å²) in [5.41, 5.74) is 1.60. The number of hydrogen-bond acceptors (Lipinski definition) is 2. The van der Waals surface area contributed by atoms with Crippen molar-refractivity contribution in [3.63, 3.8) is 0 Å². The zero-order valence-corrected chi connectivity index (χ0v) is 11.1. The van der Waals surface area contributed by atoms with E-state index < -0.39 is 0 Å². The lowest BCUT2D eigenvalue weighted by Crippen LogP contribution is -2.11. The molecule has 0 spiro atoms. The normalized spacial score (nSPS) is 17.1. The number of rotatable bonds is 6. The Morgan fingerprint density at radius 2 is 2.19 bits per heavy atom. The fourth-order valence-electron chi connectivity index (χ4n) is 1.64. The molecule has 0 atom stereocenters. The van der Waals surface area contributed by atoms with Crippen LogP contribution in [0.4, 0.5) is 0 Å². The minimum absolute atomic E-state index is 0.429. The Hall–Kier alpha value is -0.540. The predicted molar refractivity (Wildman–Crippen MR) is 68.1 cm³/mol. The van der Waals surface area contributed by atoms with Gasteiger partial charge >= 0.3 is 0 Å². The van der Waals surface area contributed by atoms with Gasteiger partial charge in [0.2, 0.25) is 0 Å². The number of alkyl halides is 1. The van der Waals surface area contributed by atoms with E-state index in [2.05, 4.69) is 22.0 Å². The number of halogens is 1. The van der Waals surface area contributed by atoms with Gasteiger partial charge in [-0.3, -0.25) is 0 Å². The standard InChI is InChI=1S/C13H17BrO2/c1-15-12-4-2-3-11(7-12)8-16-10-13(9-14)5-6-13/h2-4,7H,5-6,8-10H2,1H3. The highest BCUT2D eigenvalue weighted by Crippen LogP contribution is 2.47. The number of hydrogen-bond donors (Lipinski definition) is 0. The van der Waals surface area contributed by atoms with Gasteiger partial charge < -0.3 is 9.47 Å². The number of methoxy groups -OCH3 is 1. The first-order valence-electron chi connectivity index (χ1n) is 5.55. The summed E-state index contributed by atoms with van der Waals surface area (Å²) in [6.45, 7) is 1.53. The molecule has 2 rings (SSSR count). The summed E-state index contributed by atoms with van der Waals surface area (Å²) in [7, 11) is 1.68. The molecule has 0 unspecified atom stereocenters. The van der Waals surface area contributed by atoms with Crippen molar-refractivity contribution in [2.45, 2.75) is 19.4 Å². The molecule has 0 saturated heterocycles. The first-order valence-corrected chi connectivity index (χ1v) is 6.67. The maximum absolute atomic E-state index is 5.75. The molecule has 0 aliphatic heterocycles. The van der Waals surface area contributed by atoms with Crippen molar-refractivity contribution in [1.82, 2.24) is 0 Å².